The predicted molar refractivity (Wildman–Crippen MR) is 95.6 cm³/mol. The molecular weight excluding hydrogens is 316 g/mol. The van der Waals surface area contributed by atoms with Gasteiger partial charge in [-0.15, -0.1) is 0 Å². The van der Waals surface area contributed by atoms with E-state index in [0.29, 0.717) is 12.2 Å². The lowest BCUT2D eigenvalue weighted by Crippen LogP contribution is -2.28. The number of hydrogen-bond donors (Lipinski definition) is 0. The maximum atomic E-state index is 12.0. The summed E-state index contributed by atoms with van der Waals surface area (Å²) in [5.41, 5.74) is 1.77. The van der Waals surface area contributed by atoms with Crippen LogP contribution in [-0.4, -0.2) is 24.3 Å². The zero-order valence-electron chi connectivity index (χ0n) is 14.6. The normalized spacial score (nSPS) is 10.8. The van der Waals surface area contributed by atoms with Crippen molar-refractivity contribution < 1.29 is 18.8 Å². The molecule has 2 aromatic heterocycles. The minimum absolute atomic E-state index is 0.269. The summed E-state index contributed by atoms with van der Waals surface area (Å²) >= 11 is 0. The van der Waals surface area contributed by atoms with Gasteiger partial charge in [-0.25, -0.2) is 9.36 Å². The molecule has 2 heterocycles. The van der Waals surface area contributed by atoms with Gasteiger partial charge in [0.1, 0.15) is 18.4 Å². The second-order valence-corrected chi connectivity index (χ2v) is 6.04. The first-order valence-electron chi connectivity index (χ1n) is 8.42. The van der Waals surface area contributed by atoms with Crippen LogP contribution in [0.2, 0.25) is 0 Å². The lowest BCUT2D eigenvalue weighted by molar-refractivity contribution is -0.671. The van der Waals surface area contributed by atoms with Gasteiger partial charge in [0.15, 0.2) is 12.4 Å². The van der Waals surface area contributed by atoms with Crippen LogP contribution in [-0.2, 0) is 18.3 Å². The highest BCUT2D eigenvalue weighted by molar-refractivity contribution is 5.88. The Balaban J connectivity index is 1.46. The lowest BCUT2D eigenvalue weighted by Gasteiger charge is -2.07. The predicted octanol–water partition coefficient (Wildman–Crippen LogP) is 3.11. The zero-order valence-corrected chi connectivity index (χ0v) is 14.6. The molecule has 3 aromatic rings. The Kier molecular flexibility index (Phi) is 5.33. The second kappa shape index (κ2) is 7.83. The topological polar surface area (TPSA) is 44.3 Å². The van der Waals surface area contributed by atoms with Crippen molar-refractivity contribution in [1.82, 2.24) is 4.57 Å². The molecule has 25 heavy (non-hydrogen) atoms. The van der Waals surface area contributed by atoms with Gasteiger partial charge in [0.05, 0.1) is 13.7 Å². The van der Waals surface area contributed by atoms with Gasteiger partial charge in [-0.1, -0.05) is 0 Å². The molecule has 0 aliphatic rings. The third kappa shape index (κ3) is 4.18. The maximum Gasteiger partial charge on any atom is 0.344 e. The number of pyridine rings is 1. The van der Waals surface area contributed by atoms with Crippen LogP contribution in [0.4, 0.5) is 0 Å². The monoisotopic (exact) mass is 339 g/mol. The van der Waals surface area contributed by atoms with Gasteiger partial charge in [-0.2, -0.15) is 0 Å². The number of rotatable bonds is 7. The van der Waals surface area contributed by atoms with Gasteiger partial charge >= 0.3 is 5.97 Å². The number of esters is 1. The molecule has 0 saturated carbocycles. The van der Waals surface area contributed by atoms with E-state index in [1.54, 1.807) is 19.4 Å². The molecule has 3 rings (SSSR count). The van der Waals surface area contributed by atoms with E-state index in [2.05, 4.69) is 22.9 Å². The average Bonchev–Trinajstić information content (AvgIpc) is 3.03. The highest BCUT2D eigenvalue weighted by atomic mass is 16.5. The van der Waals surface area contributed by atoms with Crippen LogP contribution < -0.4 is 9.30 Å². The van der Waals surface area contributed by atoms with Crippen LogP contribution in [0.15, 0.2) is 55.0 Å². The zero-order chi connectivity index (χ0) is 17.6. The van der Waals surface area contributed by atoms with Crippen LogP contribution in [0.25, 0.3) is 10.9 Å². The SMILES string of the molecule is COc1ccc2c(ccn2CCCCOC(=O)c2ccc[n+](C)c2)c1. The van der Waals surface area contributed by atoms with Crippen molar-refractivity contribution >= 4 is 16.9 Å². The lowest BCUT2D eigenvalue weighted by atomic mass is 10.2. The van der Waals surface area contributed by atoms with Crippen LogP contribution in [0.5, 0.6) is 5.75 Å². The average molecular weight is 339 g/mol. The summed E-state index contributed by atoms with van der Waals surface area (Å²) < 4.78 is 14.6. The van der Waals surface area contributed by atoms with Crippen LogP contribution in [0.3, 0.4) is 0 Å². The molecule has 0 radical (unpaired) electrons. The van der Waals surface area contributed by atoms with E-state index >= 15 is 0 Å². The largest absolute Gasteiger partial charge is 0.497 e. The number of benzene rings is 1. The van der Waals surface area contributed by atoms with Gasteiger partial charge < -0.3 is 14.0 Å². The van der Waals surface area contributed by atoms with Gasteiger partial charge in [-0.05, 0) is 43.2 Å². The molecule has 0 atom stereocenters. The molecular formula is C20H23N2O3+. The van der Waals surface area contributed by atoms with E-state index in [1.165, 1.54) is 10.9 Å². The van der Waals surface area contributed by atoms with Crippen molar-refractivity contribution in [3.63, 3.8) is 0 Å². The minimum Gasteiger partial charge on any atom is -0.497 e. The molecule has 0 saturated heterocycles. The molecule has 0 bridgehead atoms. The number of aryl methyl sites for hydroxylation is 2. The summed E-state index contributed by atoms with van der Waals surface area (Å²) in [5, 5.41) is 1.17. The fraction of sp³-hybridized carbons (Fsp3) is 0.300. The number of fused-ring (bicyclic) bond motifs is 1. The summed E-state index contributed by atoms with van der Waals surface area (Å²) in [6.45, 7) is 1.33. The van der Waals surface area contributed by atoms with E-state index in [-0.39, 0.29) is 5.97 Å². The van der Waals surface area contributed by atoms with Crippen LogP contribution in [0, 0.1) is 0 Å². The number of nitrogens with zero attached hydrogens (tertiary/aromatic N) is 2. The summed E-state index contributed by atoms with van der Waals surface area (Å²) in [7, 11) is 3.56. The fourth-order valence-electron chi connectivity index (χ4n) is 2.84. The Morgan fingerprint density at radius 1 is 1.20 bits per heavy atom. The van der Waals surface area contributed by atoms with E-state index in [0.717, 1.165) is 25.1 Å². The first kappa shape index (κ1) is 17.0. The van der Waals surface area contributed by atoms with Gasteiger partial charge in [0, 0.05) is 29.7 Å². The first-order chi connectivity index (χ1) is 12.2. The van der Waals surface area contributed by atoms with Crippen molar-refractivity contribution in [2.24, 2.45) is 7.05 Å². The Bertz CT molecular complexity index is 870. The Labute approximate surface area is 147 Å². The van der Waals surface area contributed by atoms with Gasteiger partial charge in [-0.3, -0.25) is 0 Å². The molecule has 5 heteroatoms. The summed E-state index contributed by atoms with van der Waals surface area (Å²) in [6.07, 6.45) is 7.52. The highest BCUT2D eigenvalue weighted by Crippen LogP contribution is 2.22. The van der Waals surface area contributed by atoms with Crippen molar-refractivity contribution in [3.8, 4) is 5.75 Å². The number of unbranched alkanes of at least 4 members (excludes halogenated alkanes) is 1. The third-order valence-electron chi connectivity index (χ3n) is 4.18. The van der Waals surface area contributed by atoms with E-state index in [1.807, 2.05) is 36.0 Å². The maximum absolute atomic E-state index is 12.0. The molecule has 0 spiro atoms. The number of ether oxygens (including phenoxy) is 2. The molecule has 0 fully saturated rings. The van der Waals surface area contributed by atoms with Crippen molar-refractivity contribution in [1.29, 1.82) is 0 Å². The number of methoxy groups -OCH3 is 1. The van der Waals surface area contributed by atoms with Gasteiger partial charge in [0.2, 0.25) is 0 Å². The number of aromatic nitrogens is 2. The quantitative estimate of drug-likeness (QED) is 0.377. The van der Waals surface area contributed by atoms with Crippen molar-refractivity contribution in [3.05, 3.63) is 60.6 Å². The second-order valence-electron chi connectivity index (χ2n) is 6.04. The molecule has 0 N–H and O–H groups in total. The number of carbonyl (C=O) groups is 1. The van der Waals surface area contributed by atoms with Crippen molar-refractivity contribution in [2.75, 3.05) is 13.7 Å². The van der Waals surface area contributed by atoms with E-state index < -0.39 is 0 Å². The highest BCUT2D eigenvalue weighted by Gasteiger charge is 2.10. The fourth-order valence-corrected chi connectivity index (χ4v) is 2.84. The third-order valence-corrected chi connectivity index (χ3v) is 4.18. The van der Waals surface area contributed by atoms with Crippen LogP contribution in [0.1, 0.15) is 23.2 Å². The Morgan fingerprint density at radius 3 is 2.88 bits per heavy atom. The van der Waals surface area contributed by atoms with Crippen molar-refractivity contribution in [2.45, 2.75) is 19.4 Å². The first-order valence-corrected chi connectivity index (χ1v) is 8.42. The Hall–Kier alpha value is -2.82. The summed E-state index contributed by atoms with van der Waals surface area (Å²) in [4.78, 5) is 12.0. The molecule has 0 unspecified atom stereocenters. The molecule has 5 nitrogen and oxygen atoms in total. The smallest absolute Gasteiger partial charge is 0.344 e. The molecule has 0 amide bonds. The Morgan fingerprint density at radius 2 is 2.08 bits per heavy atom. The molecule has 1 aromatic carbocycles. The van der Waals surface area contributed by atoms with E-state index in [4.69, 9.17) is 9.47 Å². The van der Waals surface area contributed by atoms with Gasteiger partial charge in [0.25, 0.3) is 0 Å². The number of carbonyl (C=O) groups excluding carboxylic acids is 1. The van der Waals surface area contributed by atoms with Crippen LogP contribution >= 0.6 is 0 Å². The van der Waals surface area contributed by atoms with E-state index in [9.17, 15) is 4.79 Å². The minimum atomic E-state index is -0.269. The standard InChI is InChI=1S/C20H23N2O3/c1-21-10-5-6-17(15-21)20(23)25-13-4-3-11-22-12-9-16-14-18(24-2)7-8-19(16)22/h5-10,12,14-15H,3-4,11,13H2,1-2H3/q+1. The summed E-state index contributed by atoms with van der Waals surface area (Å²) in [5.74, 6) is 0.598. The molecule has 130 valence electrons. The number of hydrogen-bond acceptors (Lipinski definition) is 3. The summed E-state index contributed by atoms with van der Waals surface area (Å²) in [6, 6.07) is 11.8. The molecule has 0 aliphatic heterocycles. The molecule has 0 aliphatic carbocycles.